The minimum atomic E-state index is -4.95. The van der Waals surface area contributed by atoms with Gasteiger partial charge in [-0.2, -0.15) is 0 Å². The molecule has 0 rings (SSSR count). The van der Waals surface area contributed by atoms with Gasteiger partial charge in [0.05, 0.1) is 26.4 Å². The SMILES string of the molecule is CCCCCCCCCCCCCCCC(=O)OC[C@H](COP(=O)(O)OC[C@@H](O)COP(=O)(O)OC[C@@H](COC(=O)CCCCCCCCCC)OC(=O)CCCCCCCCCCC(C)C)OC(=O)CCCCCCCCCCCCCCCCCCCCC(C)CC. The molecule has 19 heteroatoms. The summed E-state index contributed by atoms with van der Waals surface area (Å²) in [6, 6.07) is 0. The van der Waals surface area contributed by atoms with E-state index >= 15 is 0 Å². The lowest BCUT2D eigenvalue weighted by molar-refractivity contribution is -0.161. The summed E-state index contributed by atoms with van der Waals surface area (Å²) in [5.74, 6) is -0.532. The highest BCUT2D eigenvalue weighted by molar-refractivity contribution is 7.47. The lowest BCUT2D eigenvalue weighted by Crippen LogP contribution is -2.30. The number of carbonyl (C=O) groups is 4. The van der Waals surface area contributed by atoms with Gasteiger partial charge in [-0.3, -0.25) is 37.3 Å². The van der Waals surface area contributed by atoms with Crippen LogP contribution in [0.5, 0.6) is 0 Å². The van der Waals surface area contributed by atoms with Gasteiger partial charge in [0.2, 0.25) is 0 Å². The molecule has 94 heavy (non-hydrogen) atoms. The van der Waals surface area contributed by atoms with E-state index in [2.05, 4.69) is 41.5 Å². The number of hydrogen-bond acceptors (Lipinski definition) is 15. The van der Waals surface area contributed by atoms with Crippen LogP contribution in [0.15, 0.2) is 0 Å². The van der Waals surface area contributed by atoms with E-state index in [4.69, 9.17) is 37.0 Å². The van der Waals surface area contributed by atoms with Crippen molar-refractivity contribution in [1.29, 1.82) is 0 Å². The van der Waals surface area contributed by atoms with Gasteiger partial charge in [-0.25, -0.2) is 9.13 Å². The first-order valence-corrected chi connectivity index (χ1v) is 42.0. The number of carbonyl (C=O) groups excluding carboxylic acids is 4. The van der Waals surface area contributed by atoms with Gasteiger partial charge >= 0.3 is 39.5 Å². The molecular formula is C75H146O17P2. The number of esters is 4. The minimum Gasteiger partial charge on any atom is -0.462 e. The number of hydrogen-bond donors (Lipinski definition) is 3. The van der Waals surface area contributed by atoms with Crippen molar-refractivity contribution in [3.05, 3.63) is 0 Å². The molecule has 0 aromatic rings. The second kappa shape index (κ2) is 66.9. The number of unbranched alkanes of at least 4 members (excludes halogenated alkanes) is 43. The molecule has 0 aliphatic heterocycles. The van der Waals surface area contributed by atoms with Gasteiger partial charge in [0.15, 0.2) is 12.2 Å². The first-order chi connectivity index (χ1) is 45.4. The Morgan fingerprint density at radius 2 is 0.543 bits per heavy atom. The fourth-order valence-electron chi connectivity index (χ4n) is 11.4. The summed E-state index contributed by atoms with van der Waals surface area (Å²) in [5, 5.41) is 10.6. The Labute approximate surface area is 575 Å². The van der Waals surface area contributed by atoms with Crippen LogP contribution in [0.2, 0.25) is 0 Å². The Bertz CT molecular complexity index is 1820. The molecule has 0 saturated heterocycles. The monoisotopic (exact) mass is 1380 g/mol. The van der Waals surface area contributed by atoms with E-state index < -0.39 is 97.5 Å². The summed E-state index contributed by atoms with van der Waals surface area (Å²) < 4.78 is 68.4. The molecule has 0 aliphatic carbocycles. The van der Waals surface area contributed by atoms with Crippen LogP contribution in [0.4, 0.5) is 0 Å². The van der Waals surface area contributed by atoms with Crippen LogP contribution in [-0.2, 0) is 65.4 Å². The molecule has 0 bridgehead atoms. The molecule has 0 aliphatic rings. The van der Waals surface area contributed by atoms with E-state index in [0.29, 0.717) is 25.7 Å². The van der Waals surface area contributed by atoms with Gasteiger partial charge in [-0.05, 0) is 37.5 Å². The predicted molar refractivity (Wildman–Crippen MR) is 381 cm³/mol. The highest BCUT2D eigenvalue weighted by Crippen LogP contribution is 2.45. The molecule has 0 heterocycles. The van der Waals surface area contributed by atoms with Crippen LogP contribution in [-0.4, -0.2) is 96.7 Å². The summed E-state index contributed by atoms with van der Waals surface area (Å²) in [5.41, 5.74) is 0. The molecule has 0 amide bonds. The maximum Gasteiger partial charge on any atom is 0.472 e. The third-order valence-electron chi connectivity index (χ3n) is 17.8. The van der Waals surface area contributed by atoms with Crippen molar-refractivity contribution in [2.75, 3.05) is 39.6 Å². The zero-order valence-electron chi connectivity index (χ0n) is 61.3. The number of phosphoric ester groups is 2. The molecule has 0 saturated carbocycles. The maximum absolute atomic E-state index is 13.1. The Kier molecular flexibility index (Phi) is 65.5. The average molecular weight is 1380 g/mol. The smallest absolute Gasteiger partial charge is 0.462 e. The molecule has 6 atom stereocenters. The summed E-state index contributed by atoms with van der Waals surface area (Å²) >= 11 is 0. The molecule has 3 unspecified atom stereocenters. The quantitative estimate of drug-likeness (QED) is 0.0222. The lowest BCUT2D eigenvalue weighted by Gasteiger charge is -2.21. The fraction of sp³-hybridized carbons (Fsp3) is 0.947. The van der Waals surface area contributed by atoms with Crippen LogP contribution in [0.3, 0.4) is 0 Å². The normalized spacial score (nSPS) is 14.3. The van der Waals surface area contributed by atoms with E-state index in [0.717, 1.165) is 108 Å². The van der Waals surface area contributed by atoms with Crippen molar-refractivity contribution in [3.63, 3.8) is 0 Å². The Morgan fingerprint density at radius 3 is 0.809 bits per heavy atom. The van der Waals surface area contributed by atoms with Crippen molar-refractivity contribution in [2.45, 2.75) is 407 Å². The van der Waals surface area contributed by atoms with E-state index in [1.54, 1.807) is 0 Å². The lowest BCUT2D eigenvalue weighted by atomic mass is 9.99. The van der Waals surface area contributed by atoms with Crippen molar-refractivity contribution in [2.24, 2.45) is 11.8 Å². The Morgan fingerprint density at radius 1 is 0.309 bits per heavy atom. The molecule has 0 fully saturated rings. The molecule has 0 aromatic heterocycles. The van der Waals surface area contributed by atoms with E-state index in [1.165, 1.54) is 199 Å². The Hall–Kier alpha value is -1.94. The third-order valence-corrected chi connectivity index (χ3v) is 19.7. The number of aliphatic hydroxyl groups excluding tert-OH is 1. The third kappa shape index (κ3) is 67.3. The number of aliphatic hydroxyl groups is 1. The van der Waals surface area contributed by atoms with Crippen LogP contribution in [0.1, 0.15) is 388 Å². The topological polar surface area (TPSA) is 237 Å². The van der Waals surface area contributed by atoms with Gasteiger partial charge in [0.25, 0.3) is 0 Å². The molecule has 558 valence electrons. The molecule has 0 radical (unpaired) electrons. The molecule has 0 aromatic carbocycles. The molecular weight excluding hydrogens is 1230 g/mol. The van der Waals surface area contributed by atoms with E-state index in [9.17, 15) is 43.2 Å². The van der Waals surface area contributed by atoms with Gasteiger partial charge in [-0.1, -0.05) is 337 Å². The van der Waals surface area contributed by atoms with E-state index in [1.807, 2.05) is 0 Å². The standard InChI is InChI=1S/C75H146O17P2/c1-7-10-12-14-16-18-19-26-30-33-40-46-52-58-73(78)86-64-71(91-74(79)59-53-47-41-34-31-28-25-23-21-20-22-24-27-29-32-38-44-50-56-68(6)9-3)66-90-94(83,84)88-62-69(76)61-87-93(81,82)89-65-70(63-85-72(77)57-51-45-39-17-15-13-11-8-2)92-75(80)60-54-48-42-36-35-37-43-49-55-67(4)5/h67-71,76H,7-66H2,1-6H3,(H,81,82)(H,83,84)/t68?,69-,70+,71+/m0/s1. The molecule has 17 nitrogen and oxygen atoms in total. The van der Waals surface area contributed by atoms with Crippen molar-refractivity contribution >= 4 is 39.5 Å². The zero-order chi connectivity index (χ0) is 69.3. The van der Waals surface area contributed by atoms with E-state index in [-0.39, 0.29) is 25.7 Å². The first-order valence-electron chi connectivity index (χ1n) is 39.0. The van der Waals surface area contributed by atoms with Crippen molar-refractivity contribution in [3.8, 4) is 0 Å². The van der Waals surface area contributed by atoms with Gasteiger partial charge in [0.1, 0.15) is 19.3 Å². The van der Waals surface area contributed by atoms with Crippen molar-refractivity contribution in [1.82, 2.24) is 0 Å². The number of rotatable bonds is 74. The maximum atomic E-state index is 13.1. The van der Waals surface area contributed by atoms with Crippen LogP contribution in [0.25, 0.3) is 0 Å². The van der Waals surface area contributed by atoms with Crippen LogP contribution >= 0.6 is 15.6 Å². The highest BCUT2D eigenvalue weighted by Gasteiger charge is 2.30. The fourth-order valence-corrected chi connectivity index (χ4v) is 13.0. The van der Waals surface area contributed by atoms with Gasteiger partial charge in [-0.15, -0.1) is 0 Å². The Balaban J connectivity index is 5.16. The second-order valence-corrected chi connectivity index (χ2v) is 30.7. The summed E-state index contributed by atoms with van der Waals surface area (Å²) in [7, 11) is -9.90. The predicted octanol–water partition coefficient (Wildman–Crippen LogP) is 21.9. The van der Waals surface area contributed by atoms with Gasteiger partial charge < -0.3 is 33.8 Å². The summed E-state index contributed by atoms with van der Waals surface area (Å²) in [6.07, 6.45) is 54.2. The number of phosphoric acid groups is 2. The van der Waals surface area contributed by atoms with Crippen LogP contribution in [0, 0.1) is 11.8 Å². The molecule has 3 N–H and O–H groups in total. The molecule has 0 spiro atoms. The zero-order valence-corrected chi connectivity index (χ0v) is 63.1. The van der Waals surface area contributed by atoms with Crippen molar-refractivity contribution < 1.29 is 80.2 Å². The number of ether oxygens (including phenoxy) is 4. The first kappa shape index (κ1) is 92.1. The largest absolute Gasteiger partial charge is 0.472 e. The highest BCUT2D eigenvalue weighted by atomic mass is 31.2. The van der Waals surface area contributed by atoms with Gasteiger partial charge in [0, 0.05) is 25.7 Å². The summed E-state index contributed by atoms with van der Waals surface area (Å²) in [4.78, 5) is 72.6. The second-order valence-electron chi connectivity index (χ2n) is 27.8. The minimum absolute atomic E-state index is 0.104. The average Bonchev–Trinajstić information content (AvgIpc) is 1.56. The van der Waals surface area contributed by atoms with Crippen LogP contribution < -0.4 is 0 Å². The summed E-state index contributed by atoms with van der Waals surface area (Å²) in [6.45, 7) is 9.58.